The number of hydrogen-bond donors (Lipinski definition) is 1. The van der Waals surface area contributed by atoms with Gasteiger partial charge in [-0.1, -0.05) is 34.1 Å². The molecular weight excluding hydrogens is 380 g/mol. The predicted molar refractivity (Wildman–Crippen MR) is 103 cm³/mol. The fraction of sp³-hybridized carbons (Fsp3) is 0.105. The Morgan fingerprint density at radius 1 is 1.12 bits per heavy atom. The van der Waals surface area contributed by atoms with Crippen LogP contribution in [0.4, 0.5) is 17.3 Å². The van der Waals surface area contributed by atoms with Crippen LogP contribution in [0.1, 0.15) is 16.1 Å². The van der Waals surface area contributed by atoms with Gasteiger partial charge in [-0.3, -0.25) is 4.79 Å². The maximum Gasteiger partial charge on any atom is 0.274 e. The number of nitrogens with zero attached hydrogens (tertiary/aromatic N) is 3. The molecule has 0 aliphatic rings. The Morgan fingerprint density at radius 3 is 2.60 bits per heavy atom. The fourth-order valence-electron chi connectivity index (χ4n) is 2.36. The quantitative estimate of drug-likeness (QED) is 0.701. The van der Waals surface area contributed by atoms with Gasteiger partial charge in [-0.15, -0.1) is 0 Å². The average Bonchev–Trinajstić information content (AvgIpc) is 2.64. The molecule has 0 saturated heterocycles. The summed E-state index contributed by atoms with van der Waals surface area (Å²) in [6, 6.07) is 17.0. The van der Waals surface area contributed by atoms with Crippen molar-refractivity contribution in [2.24, 2.45) is 0 Å². The lowest BCUT2D eigenvalue weighted by molar-refractivity contribution is 0.102. The molecule has 1 heterocycles. The van der Waals surface area contributed by atoms with Gasteiger partial charge in [-0.25, -0.2) is 9.97 Å². The highest BCUT2D eigenvalue weighted by molar-refractivity contribution is 9.10. The Bertz CT molecular complexity index is 899. The van der Waals surface area contributed by atoms with Gasteiger partial charge in [-0.05, 0) is 48.9 Å². The number of carbonyl (C=O) groups excluding carboxylic acids is 1. The van der Waals surface area contributed by atoms with E-state index in [1.807, 2.05) is 67.4 Å². The molecule has 5 nitrogen and oxygen atoms in total. The molecule has 3 aromatic rings. The normalized spacial score (nSPS) is 10.4. The minimum Gasteiger partial charge on any atom is -0.320 e. The van der Waals surface area contributed by atoms with E-state index in [0.29, 0.717) is 11.6 Å². The molecule has 1 amide bonds. The molecule has 6 heteroatoms. The van der Waals surface area contributed by atoms with Crippen LogP contribution in [0.25, 0.3) is 0 Å². The van der Waals surface area contributed by atoms with Crippen LogP contribution in [-0.4, -0.2) is 22.9 Å². The Hall–Kier alpha value is -2.73. The van der Waals surface area contributed by atoms with E-state index in [0.717, 1.165) is 21.4 Å². The standard InChI is InChI=1S/C19H17BrN4O/c1-13-12-14(20)8-9-16(13)22-18(25)17-10-11-21-19(23-17)24(2)15-6-4-3-5-7-15/h3-12H,1-2H3,(H,22,25). The van der Waals surface area contributed by atoms with E-state index in [9.17, 15) is 4.79 Å². The number of nitrogens with one attached hydrogen (secondary N) is 1. The molecule has 0 spiro atoms. The first-order valence-corrected chi connectivity index (χ1v) is 8.53. The molecule has 126 valence electrons. The Kier molecular flexibility index (Phi) is 5.09. The summed E-state index contributed by atoms with van der Waals surface area (Å²) in [4.78, 5) is 23.0. The van der Waals surface area contributed by atoms with E-state index >= 15 is 0 Å². The number of anilines is 3. The lowest BCUT2D eigenvalue weighted by Gasteiger charge is -2.17. The summed E-state index contributed by atoms with van der Waals surface area (Å²) in [5.74, 6) is 0.196. The third-order valence-electron chi connectivity index (χ3n) is 3.76. The molecule has 0 bridgehead atoms. The largest absolute Gasteiger partial charge is 0.320 e. The van der Waals surface area contributed by atoms with Crippen LogP contribution >= 0.6 is 15.9 Å². The molecule has 2 aromatic carbocycles. The molecule has 0 aliphatic carbocycles. The molecule has 0 fully saturated rings. The maximum atomic E-state index is 12.5. The van der Waals surface area contributed by atoms with Crippen molar-refractivity contribution in [1.29, 1.82) is 0 Å². The zero-order chi connectivity index (χ0) is 17.8. The first-order chi connectivity index (χ1) is 12.0. The number of aromatic nitrogens is 2. The first-order valence-electron chi connectivity index (χ1n) is 7.74. The summed E-state index contributed by atoms with van der Waals surface area (Å²) in [5, 5.41) is 2.89. The van der Waals surface area contributed by atoms with Crippen LogP contribution in [0.15, 0.2) is 65.3 Å². The van der Waals surface area contributed by atoms with Crippen molar-refractivity contribution < 1.29 is 4.79 Å². The van der Waals surface area contributed by atoms with Crippen molar-refractivity contribution in [1.82, 2.24) is 9.97 Å². The Morgan fingerprint density at radius 2 is 1.88 bits per heavy atom. The van der Waals surface area contributed by atoms with Gasteiger partial charge in [-0.2, -0.15) is 0 Å². The second-order valence-corrected chi connectivity index (χ2v) is 6.47. The Balaban J connectivity index is 1.82. The Labute approximate surface area is 154 Å². The number of halogens is 1. The van der Waals surface area contributed by atoms with Crippen LogP contribution in [0, 0.1) is 6.92 Å². The number of benzene rings is 2. The molecule has 0 aliphatic heterocycles. The molecule has 25 heavy (non-hydrogen) atoms. The lowest BCUT2D eigenvalue weighted by atomic mass is 10.2. The number of amides is 1. The summed E-state index contributed by atoms with van der Waals surface area (Å²) in [7, 11) is 1.87. The number of rotatable bonds is 4. The summed E-state index contributed by atoms with van der Waals surface area (Å²) in [6.45, 7) is 1.94. The third-order valence-corrected chi connectivity index (χ3v) is 4.25. The van der Waals surface area contributed by atoms with E-state index in [2.05, 4.69) is 31.2 Å². The van der Waals surface area contributed by atoms with Gasteiger partial charge >= 0.3 is 0 Å². The van der Waals surface area contributed by atoms with Crippen molar-refractivity contribution in [2.75, 3.05) is 17.3 Å². The highest BCUT2D eigenvalue weighted by Gasteiger charge is 2.13. The van der Waals surface area contributed by atoms with E-state index in [1.165, 1.54) is 0 Å². The van der Waals surface area contributed by atoms with Crippen molar-refractivity contribution in [3.63, 3.8) is 0 Å². The van der Waals surface area contributed by atoms with E-state index in [1.54, 1.807) is 12.3 Å². The molecule has 0 radical (unpaired) electrons. The zero-order valence-corrected chi connectivity index (χ0v) is 15.5. The van der Waals surface area contributed by atoms with Gasteiger partial charge in [0, 0.05) is 29.1 Å². The van der Waals surface area contributed by atoms with Crippen LogP contribution in [0.5, 0.6) is 0 Å². The number of aryl methyl sites for hydroxylation is 1. The van der Waals surface area contributed by atoms with Gasteiger partial charge < -0.3 is 10.2 Å². The molecule has 0 atom stereocenters. The number of para-hydroxylation sites is 1. The highest BCUT2D eigenvalue weighted by Crippen LogP contribution is 2.22. The number of carbonyl (C=O) groups is 1. The maximum absolute atomic E-state index is 12.5. The number of hydrogen-bond acceptors (Lipinski definition) is 4. The highest BCUT2D eigenvalue weighted by atomic mass is 79.9. The second kappa shape index (κ2) is 7.44. The topological polar surface area (TPSA) is 58.1 Å². The molecule has 1 N–H and O–H groups in total. The van der Waals surface area contributed by atoms with E-state index in [-0.39, 0.29) is 5.91 Å². The fourth-order valence-corrected chi connectivity index (χ4v) is 2.83. The van der Waals surface area contributed by atoms with Crippen molar-refractivity contribution in [3.8, 4) is 0 Å². The average molecular weight is 397 g/mol. The minimum atomic E-state index is -0.268. The van der Waals surface area contributed by atoms with Crippen LogP contribution in [0.2, 0.25) is 0 Å². The molecular formula is C19H17BrN4O. The van der Waals surface area contributed by atoms with Crippen LogP contribution in [0.3, 0.4) is 0 Å². The van der Waals surface area contributed by atoms with Gasteiger partial charge in [0.25, 0.3) is 5.91 Å². The van der Waals surface area contributed by atoms with Gasteiger partial charge in [0.1, 0.15) is 5.69 Å². The van der Waals surface area contributed by atoms with Gasteiger partial charge in [0.05, 0.1) is 0 Å². The van der Waals surface area contributed by atoms with E-state index in [4.69, 9.17) is 0 Å². The predicted octanol–water partition coefficient (Wildman–Crippen LogP) is 4.57. The van der Waals surface area contributed by atoms with Gasteiger partial charge in [0.15, 0.2) is 0 Å². The van der Waals surface area contributed by atoms with Crippen LogP contribution < -0.4 is 10.2 Å². The molecule has 3 rings (SSSR count). The third kappa shape index (κ3) is 4.03. The minimum absolute atomic E-state index is 0.268. The molecule has 0 unspecified atom stereocenters. The first kappa shape index (κ1) is 17.1. The zero-order valence-electron chi connectivity index (χ0n) is 13.9. The summed E-state index contributed by atoms with van der Waals surface area (Å²) < 4.78 is 0.969. The monoisotopic (exact) mass is 396 g/mol. The second-order valence-electron chi connectivity index (χ2n) is 5.55. The smallest absolute Gasteiger partial charge is 0.274 e. The summed E-state index contributed by atoms with van der Waals surface area (Å²) in [5.41, 5.74) is 2.99. The van der Waals surface area contributed by atoms with Crippen molar-refractivity contribution >= 4 is 39.2 Å². The summed E-state index contributed by atoms with van der Waals surface area (Å²) in [6.07, 6.45) is 1.59. The molecule has 0 saturated carbocycles. The SMILES string of the molecule is Cc1cc(Br)ccc1NC(=O)c1ccnc(N(C)c2ccccc2)n1. The van der Waals surface area contributed by atoms with Crippen molar-refractivity contribution in [2.45, 2.75) is 6.92 Å². The van der Waals surface area contributed by atoms with Crippen molar-refractivity contribution in [3.05, 3.63) is 76.5 Å². The van der Waals surface area contributed by atoms with Gasteiger partial charge in [0.2, 0.25) is 5.95 Å². The van der Waals surface area contributed by atoms with Crippen LogP contribution in [-0.2, 0) is 0 Å². The molecule has 1 aromatic heterocycles. The lowest BCUT2D eigenvalue weighted by Crippen LogP contribution is -2.18. The summed E-state index contributed by atoms with van der Waals surface area (Å²) >= 11 is 3.42. The van der Waals surface area contributed by atoms with E-state index < -0.39 is 0 Å².